The third-order valence-corrected chi connectivity index (χ3v) is 6.71. The monoisotopic (exact) mass is 416 g/mol. The molecule has 162 valence electrons. The van der Waals surface area contributed by atoms with Crippen LogP contribution in [-0.2, 0) is 25.0 Å². The Morgan fingerprint density at radius 2 is 1.89 bits per heavy atom. The number of carbonyl (C=O) groups excluding carboxylic acids is 1. The zero-order chi connectivity index (χ0) is 21.4. The lowest BCUT2D eigenvalue weighted by Crippen LogP contribution is -2.33. The van der Waals surface area contributed by atoms with Gasteiger partial charge in [0.15, 0.2) is 5.82 Å². The van der Waals surface area contributed by atoms with E-state index in [1.54, 1.807) is 27.7 Å². The van der Waals surface area contributed by atoms with Crippen molar-refractivity contribution in [3.8, 4) is 0 Å². The number of hydrogen-bond donors (Lipinski definition) is 0. The molecule has 0 saturated heterocycles. The molecule has 0 N–H and O–H groups in total. The van der Waals surface area contributed by atoms with Crippen LogP contribution in [0, 0.1) is 0 Å². The highest BCUT2D eigenvalue weighted by Crippen LogP contribution is 2.50. The number of rotatable bonds is 12. The Morgan fingerprint density at radius 3 is 2.46 bits per heavy atom. The molecule has 1 aromatic heterocycles. The van der Waals surface area contributed by atoms with Gasteiger partial charge in [0.2, 0.25) is 13.3 Å². The van der Waals surface area contributed by atoms with Crippen molar-refractivity contribution >= 4 is 13.3 Å². The Hall–Kier alpha value is -1.20. The molecule has 0 aliphatic rings. The lowest BCUT2D eigenvalue weighted by Gasteiger charge is -2.26. The molecule has 0 aliphatic heterocycles. The van der Waals surface area contributed by atoms with Crippen LogP contribution in [0.4, 0.5) is 0 Å². The zero-order valence-electron chi connectivity index (χ0n) is 18.5. The second-order valence-electron chi connectivity index (χ2n) is 8.38. The molecule has 7 nitrogen and oxygen atoms in total. The number of hydrogen-bond acceptors (Lipinski definition) is 7. The first kappa shape index (κ1) is 24.8. The van der Waals surface area contributed by atoms with E-state index >= 15 is 0 Å². The number of esters is 1. The molecule has 8 heteroatoms. The van der Waals surface area contributed by atoms with Crippen molar-refractivity contribution < 1.29 is 23.1 Å². The van der Waals surface area contributed by atoms with Crippen LogP contribution in [0.1, 0.15) is 91.3 Å². The Labute approximate surface area is 169 Å². The van der Waals surface area contributed by atoms with Crippen LogP contribution in [0.15, 0.2) is 4.52 Å². The molecule has 0 aliphatic carbocycles. The number of nitrogens with zero attached hydrogens (tertiary/aromatic N) is 2. The van der Waals surface area contributed by atoms with Crippen LogP contribution in [-0.4, -0.2) is 40.6 Å². The minimum atomic E-state index is -3.25. The van der Waals surface area contributed by atoms with E-state index in [-0.39, 0.29) is 24.8 Å². The molecular weight excluding hydrogens is 379 g/mol. The van der Waals surface area contributed by atoms with Crippen molar-refractivity contribution in [1.29, 1.82) is 0 Å². The highest BCUT2D eigenvalue weighted by Gasteiger charge is 2.40. The summed E-state index contributed by atoms with van der Waals surface area (Å²) in [6, 6.07) is 0. The van der Waals surface area contributed by atoms with Crippen LogP contribution in [0.25, 0.3) is 0 Å². The van der Waals surface area contributed by atoms with Crippen molar-refractivity contribution in [1.82, 2.24) is 10.1 Å². The third kappa shape index (κ3) is 8.44. The number of unbranched alkanes of at least 4 members (excludes halogenated alkanes) is 3. The molecule has 2 unspecified atom stereocenters. The summed E-state index contributed by atoms with van der Waals surface area (Å²) in [5, 5.41) is 4.06. The fourth-order valence-corrected chi connectivity index (χ4v) is 4.50. The van der Waals surface area contributed by atoms with Gasteiger partial charge in [0, 0.05) is 19.0 Å². The molecule has 0 bridgehead atoms. The van der Waals surface area contributed by atoms with E-state index in [9.17, 15) is 9.36 Å². The summed E-state index contributed by atoms with van der Waals surface area (Å²) in [5.74, 6) is 0.513. The van der Waals surface area contributed by atoms with Gasteiger partial charge < -0.3 is 13.8 Å². The topological polar surface area (TPSA) is 91.5 Å². The highest BCUT2D eigenvalue weighted by atomic mass is 31.2. The summed E-state index contributed by atoms with van der Waals surface area (Å²) in [5.41, 5.74) is -1.66. The molecule has 0 saturated carbocycles. The largest absolute Gasteiger partial charge is 0.459 e. The van der Waals surface area contributed by atoms with Gasteiger partial charge >= 0.3 is 5.97 Å². The molecule has 0 fully saturated rings. The molecule has 0 amide bonds. The first-order valence-electron chi connectivity index (χ1n) is 10.3. The standard InChI is InChI=1S/C20H37N2O5P/c1-8-10-11-12-13-15(3)18-21-17(27-22-18)14-16(28(7,24)25-9-2)19(23)26-20(4,5)6/h15-16H,8-14H2,1-7H3/t15-,16?,28?/m1/s1. The molecular formula is C20H37N2O5P. The van der Waals surface area contributed by atoms with E-state index in [0.717, 1.165) is 12.8 Å². The van der Waals surface area contributed by atoms with Gasteiger partial charge in [-0.05, 0) is 34.1 Å². The van der Waals surface area contributed by atoms with Gasteiger partial charge in [-0.1, -0.05) is 44.7 Å². The minimum absolute atomic E-state index is 0.0399. The van der Waals surface area contributed by atoms with Gasteiger partial charge in [-0.15, -0.1) is 0 Å². The van der Waals surface area contributed by atoms with Gasteiger partial charge in [-0.3, -0.25) is 9.36 Å². The molecule has 0 aromatic carbocycles. The van der Waals surface area contributed by atoms with Gasteiger partial charge in [0.25, 0.3) is 0 Å². The summed E-state index contributed by atoms with van der Waals surface area (Å²) < 4.78 is 29.2. The zero-order valence-corrected chi connectivity index (χ0v) is 19.4. The summed E-state index contributed by atoms with van der Waals surface area (Å²) in [7, 11) is -3.25. The third-order valence-electron chi connectivity index (χ3n) is 4.41. The second-order valence-corrected chi connectivity index (χ2v) is 11.1. The predicted octanol–water partition coefficient (Wildman–Crippen LogP) is 5.34. The Kier molecular flexibility index (Phi) is 9.85. The average Bonchev–Trinajstić information content (AvgIpc) is 3.03. The lowest BCUT2D eigenvalue weighted by atomic mass is 10.0. The molecule has 0 radical (unpaired) electrons. The van der Waals surface area contributed by atoms with Crippen molar-refractivity contribution in [3.63, 3.8) is 0 Å². The smallest absolute Gasteiger partial charge is 0.319 e. The van der Waals surface area contributed by atoms with E-state index in [1.807, 2.05) is 0 Å². The maximum Gasteiger partial charge on any atom is 0.319 e. The molecule has 28 heavy (non-hydrogen) atoms. The number of aromatic nitrogens is 2. The summed E-state index contributed by atoms with van der Waals surface area (Å²) in [6.07, 6.45) is 5.76. The van der Waals surface area contributed by atoms with Crippen molar-refractivity contribution in [2.45, 2.75) is 97.2 Å². The van der Waals surface area contributed by atoms with Gasteiger partial charge in [-0.25, -0.2) is 0 Å². The maximum atomic E-state index is 13.0. The van der Waals surface area contributed by atoms with E-state index in [4.69, 9.17) is 13.8 Å². The van der Waals surface area contributed by atoms with E-state index < -0.39 is 24.6 Å². The molecule has 0 spiro atoms. The highest BCUT2D eigenvalue weighted by molar-refractivity contribution is 7.60. The second kappa shape index (κ2) is 11.1. The van der Waals surface area contributed by atoms with Crippen molar-refractivity contribution in [2.24, 2.45) is 0 Å². The lowest BCUT2D eigenvalue weighted by molar-refractivity contribution is -0.154. The van der Waals surface area contributed by atoms with Gasteiger partial charge in [0.1, 0.15) is 11.3 Å². The first-order chi connectivity index (χ1) is 13.0. The Morgan fingerprint density at radius 1 is 1.21 bits per heavy atom. The van der Waals surface area contributed by atoms with Crippen molar-refractivity contribution in [3.05, 3.63) is 11.7 Å². The van der Waals surface area contributed by atoms with Crippen LogP contribution < -0.4 is 0 Å². The number of carbonyl (C=O) groups is 1. The van der Waals surface area contributed by atoms with Gasteiger partial charge in [0.05, 0.1) is 6.61 Å². The van der Waals surface area contributed by atoms with Crippen LogP contribution in [0.3, 0.4) is 0 Å². The molecule has 1 rings (SSSR count). The molecule has 1 heterocycles. The number of ether oxygens (including phenoxy) is 1. The predicted molar refractivity (Wildman–Crippen MR) is 110 cm³/mol. The van der Waals surface area contributed by atoms with E-state index in [1.165, 1.54) is 25.9 Å². The van der Waals surface area contributed by atoms with Crippen LogP contribution >= 0.6 is 7.37 Å². The van der Waals surface area contributed by atoms with Crippen LogP contribution in [0.2, 0.25) is 0 Å². The van der Waals surface area contributed by atoms with Crippen molar-refractivity contribution in [2.75, 3.05) is 13.3 Å². The first-order valence-corrected chi connectivity index (χ1v) is 12.4. The minimum Gasteiger partial charge on any atom is -0.459 e. The fraction of sp³-hybridized carbons (Fsp3) is 0.850. The summed E-state index contributed by atoms with van der Waals surface area (Å²) in [6.45, 7) is 13.0. The quantitative estimate of drug-likeness (QED) is 0.258. The SMILES string of the molecule is CCCCCC[C@@H](C)c1noc(CC(C(=O)OC(C)(C)C)P(C)(=O)OCC)n1. The summed E-state index contributed by atoms with van der Waals surface area (Å²) in [4.78, 5) is 17.1. The molecule has 1 aromatic rings. The van der Waals surface area contributed by atoms with E-state index in [2.05, 4.69) is 24.0 Å². The van der Waals surface area contributed by atoms with Gasteiger partial charge in [-0.2, -0.15) is 4.98 Å². The fourth-order valence-electron chi connectivity index (χ4n) is 2.88. The average molecular weight is 416 g/mol. The Balaban J connectivity index is 2.87. The van der Waals surface area contributed by atoms with E-state index in [0.29, 0.717) is 5.82 Å². The maximum absolute atomic E-state index is 13.0. The summed E-state index contributed by atoms with van der Waals surface area (Å²) >= 11 is 0. The molecule has 3 atom stereocenters. The normalized spacial score (nSPS) is 16.4. The Bertz CT molecular complexity index is 653. The van der Waals surface area contributed by atoms with Crippen LogP contribution in [0.5, 0.6) is 0 Å².